The monoisotopic (exact) mass is 614 g/mol. The fraction of sp³-hybridized carbons (Fsp3) is 0.560. The summed E-state index contributed by atoms with van der Waals surface area (Å²) in [6, 6.07) is 1.06. The molecule has 0 saturated heterocycles. The average Bonchev–Trinajstić information content (AvgIpc) is 3.21. The normalized spacial score (nSPS) is 22.8. The first-order valence-corrected chi connectivity index (χ1v) is 14.2. The summed E-state index contributed by atoms with van der Waals surface area (Å²) in [5.74, 6) is -4.64. The molecule has 0 unspecified atom stereocenters. The number of aryl methyl sites for hydroxylation is 2. The first-order chi connectivity index (χ1) is 20.0. The molecule has 17 heteroatoms. The first kappa shape index (κ1) is 28.4. The van der Waals surface area contributed by atoms with Crippen molar-refractivity contribution in [3.05, 3.63) is 28.4 Å². The second kappa shape index (κ2) is 10.8. The number of hydrogen-bond acceptors (Lipinski definition) is 8. The number of nitrogens with one attached hydrogen (secondary N) is 3. The van der Waals surface area contributed by atoms with Gasteiger partial charge in [-0.05, 0) is 31.2 Å². The number of nitrogens with zero attached hydrogens (tertiary/aromatic N) is 5. The van der Waals surface area contributed by atoms with E-state index < -0.39 is 49.3 Å². The van der Waals surface area contributed by atoms with Gasteiger partial charge in [-0.3, -0.25) is 14.2 Å². The Labute approximate surface area is 239 Å². The number of rotatable bonds is 10. The highest BCUT2D eigenvalue weighted by Crippen LogP contribution is 2.45. The predicted octanol–water partition coefficient (Wildman–Crippen LogP) is 4.22. The summed E-state index contributed by atoms with van der Waals surface area (Å²) in [6.45, 7) is -2.88. The van der Waals surface area contributed by atoms with Crippen LogP contribution in [0, 0.1) is 11.8 Å². The third kappa shape index (κ3) is 5.78. The number of carbonyl (C=O) groups is 2. The Kier molecular flexibility index (Phi) is 7.31. The Hall–Kier alpha value is -3.76. The van der Waals surface area contributed by atoms with Crippen LogP contribution in [0.15, 0.2) is 12.4 Å². The summed E-state index contributed by atoms with van der Waals surface area (Å²) in [7, 11) is 1.54. The van der Waals surface area contributed by atoms with Crippen molar-refractivity contribution in [2.45, 2.75) is 63.3 Å². The molecule has 2 saturated carbocycles. The van der Waals surface area contributed by atoms with Gasteiger partial charge in [-0.1, -0.05) is 0 Å². The molecule has 0 radical (unpaired) electrons. The zero-order valence-electron chi connectivity index (χ0n) is 22.3. The van der Waals surface area contributed by atoms with Gasteiger partial charge < -0.3 is 20.7 Å². The first-order valence-electron chi connectivity index (χ1n) is 13.4. The molecule has 11 nitrogen and oxygen atoms in total. The van der Waals surface area contributed by atoms with Crippen LogP contribution in [0.4, 0.5) is 38.7 Å². The summed E-state index contributed by atoms with van der Waals surface area (Å²) >= 11 is 1.24. The lowest BCUT2D eigenvalue weighted by atomic mass is 9.81. The van der Waals surface area contributed by atoms with Crippen LogP contribution in [0.3, 0.4) is 0 Å². The molecular weight excluding hydrogens is 587 g/mol. The van der Waals surface area contributed by atoms with Crippen molar-refractivity contribution in [1.29, 1.82) is 0 Å². The Morgan fingerprint density at radius 2 is 2.05 bits per heavy atom. The highest BCUT2D eigenvalue weighted by Gasteiger charge is 2.49. The van der Waals surface area contributed by atoms with Crippen molar-refractivity contribution in [3.63, 3.8) is 0 Å². The van der Waals surface area contributed by atoms with Gasteiger partial charge >= 0.3 is 6.61 Å². The number of anilines is 3. The van der Waals surface area contributed by atoms with Crippen molar-refractivity contribution in [3.8, 4) is 5.88 Å². The quantitative estimate of drug-likeness (QED) is 0.292. The van der Waals surface area contributed by atoms with Gasteiger partial charge in [0.15, 0.2) is 0 Å². The van der Waals surface area contributed by atoms with E-state index in [9.17, 15) is 31.5 Å². The SMILES string of the molecule is Cn1nc(OC(F)F)cc1Nc1nncn1[C@H]1CCc2sc(NC(=O)C3CC(F)(F)C3)c(C(=O)NC[C@@H]3C[C@@H]3F)c2C1. The van der Waals surface area contributed by atoms with E-state index in [1.165, 1.54) is 35.5 Å². The van der Waals surface area contributed by atoms with E-state index in [0.717, 1.165) is 4.88 Å². The largest absolute Gasteiger partial charge is 0.415 e. The van der Waals surface area contributed by atoms with Gasteiger partial charge in [0.25, 0.3) is 5.91 Å². The molecule has 42 heavy (non-hydrogen) atoms. The molecule has 2 fully saturated rings. The Bertz CT molecular complexity index is 1500. The molecular formula is C25H27F5N8O3S. The van der Waals surface area contributed by atoms with Gasteiger partial charge in [0.05, 0.1) is 5.56 Å². The Morgan fingerprint density at radius 1 is 1.29 bits per heavy atom. The maximum Gasteiger partial charge on any atom is 0.388 e. The number of carbonyl (C=O) groups excluding carboxylic acids is 2. The molecule has 3 N–H and O–H groups in total. The van der Waals surface area contributed by atoms with Crippen LogP contribution in [0.5, 0.6) is 5.88 Å². The topological polar surface area (TPSA) is 128 Å². The van der Waals surface area contributed by atoms with Gasteiger partial charge in [0, 0.05) is 55.3 Å². The smallest absolute Gasteiger partial charge is 0.388 e. The van der Waals surface area contributed by atoms with Crippen LogP contribution >= 0.6 is 11.3 Å². The van der Waals surface area contributed by atoms with Crippen LogP contribution in [0.1, 0.15) is 52.5 Å². The molecule has 0 bridgehead atoms. The zero-order valence-corrected chi connectivity index (χ0v) is 23.1. The number of alkyl halides is 5. The maximum absolute atomic E-state index is 13.4. The van der Waals surface area contributed by atoms with Crippen LogP contribution in [0.25, 0.3) is 0 Å². The summed E-state index contributed by atoms with van der Waals surface area (Å²) in [5, 5.41) is 20.7. The fourth-order valence-electron chi connectivity index (χ4n) is 5.35. The third-order valence-electron chi connectivity index (χ3n) is 7.79. The molecule has 0 aliphatic heterocycles. The number of ether oxygens (including phenoxy) is 1. The molecule has 3 atom stereocenters. The number of halogens is 5. The highest BCUT2D eigenvalue weighted by molar-refractivity contribution is 7.17. The minimum Gasteiger partial charge on any atom is -0.415 e. The van der Waals surface area contributed by atoms with E-state index in [1.807, 2.05) is 0 Å². The summed E-state index contributed by atoms with van der Waals surface area (Å²) in [6.07, 6.45) is 1.38. The predicted molar refractivity (Wildman–Crippen MR) is 140 cm³/mol. The minimum absolute atomic E-state index is 0.151. The van der Waals surface area contributed by atoms with Crippen LogP contribution in [0.2, 0.25) is 0 Å². The van der Waals surface area contributed by atoms with Gasteiger partial charge in [-0.2, -0.15) is 8.78 Å². The second-order valence-electron chi connectivity index (χ2n) is 10.8. The number of aromatic nitrogens is 5. The van der Waals surface area contributed by atoms with Gasteiger partial charge in [0.2, 0.25) is 23.7 Å². The molecule has 0 aromatic carbocycles. The van der Waals surface area contributed by atoms with Gasteiger partial charge in [0.1, 0.15) is 23.3 Å². The molecule has 226 valence electrons. The summed E-state index contributed by atoms with van der Waals surface area (Å²) in [5.41, 5.74) is 0.946. The van der Waals surface area contributed by atoms with Gasteiger partial charge in [-0.25, -0.2) is 17.9 Å². The molecule has 3 aliphatic rings. The van der Waals surface area contributed by atoms with Crippen LogP contribution < -0.4 is 20.7 Å². The number of fused-ring (bicyclic) bond motifs is 1. The molecule has 3 aromatic rings. The molecule has 3 aliphatic carbocycles. The van der Waals surface area contributed by atoms with E-state index in [0.29, 0.717) is 43.0 Å². The molecule has 6 rings (SSSR count). The van der Waals surface area contributed by atoms with Gasteiger partial charge in [-0.15, -0.1) is 26.6 Å². The fourth-order valence-corrected chi connectivity index (χ4v) is 6.59. The Balaban J connectivity index is 1.23. The minimum atomic E-state index is -3.03. The highest BCUT2D eigenvalue weighted by atomic mass is 32.1. The number of thiophene rings is 1. The maximum atomic E-state index is 13.4. The second-order valence-corrected chi connectivity index (χ2v) is 11.9. The molecule has 0 spiro atoms. The zero-order chi connectivity index (χ0) is 29.8. The number of hydrogen-bond donors (Lipinski definition) is 3. The lowest BCUT2D eigenvalue weighted by molar-refractivity contribution is -0.145. The lowest BCUT2D eigenvalue weighted by Crippen LogP contribution is -2.42. The summed E-state index contributed by atoms with van der Waals surface area (Å²) < 4.78 is 72.9. The van der Waals surface area contributed by atoms with E-state index in [4.69, 9.17) is 0 Å². The van der Waals surface area contributed by atoms with Crippen LogP contribution in [-0.4, -0.2) is 61.6 Å². The van der Waals surface area contributed by atoms with Crippen molar-refractivity contribution in [1.82, 2.24) is 29.9 Å². The van der Waals surface area contributed by atoms with Crippen LogP contribution in [-0.2, 0) is 24.7 Å². The number of amides is 2. The van der Waals surface area contributed by atoms with Crippen molar-refractivity contribution >= 4 is 39.9 Å². The van der Waals surface area contributed by atoms with Crippen molar-refractivity contribution in [2.75, 3.05) is 17.2 Å². The lowest BCUT2D eigenvalue weighted by Gasteiger charge is -2.33. The van der Waals surface area contributed by atoms with E-state index in [1.54, 1.807) is 4.57 Å². The third-order valence-corrected chi connectivity index (χ3v) is 9.00. The molecule has 2 amide bonds. The van der Waals surface area contributed by atoms with E-state index in [-0.39, 0.29) is 34.9 Å². The van der Waals surface area contributed by atoms with Crippen molar-refractivity contribution < 1.29 is 36.3 Å². The van der Waals surface area contributed by atoms with Crippen molar-refractivity contribution in [2.24, 2.45) is 18.9 Å². The van der Waals surface area contributed by atoms with E-state index >= 15 is 0 Å². The standard InChI is InChI=1S/C25H27F5N8O3S/c1-37-17(6-18(36-37)41-23(27)28)33-24-35-32-10-38(24)13-2-3-16-14(5-13)19(21(40)31-9-11-4-15(11)26)22(42-16)34-20(39)12-7-25(29,30)8-12/h6,10-13,15,23H,2-5,7-9H2,1H3,(H,31,40)(H,33,35)(H,34,39)/t11-,13-,15-/m0/s1. The van der Waals surface area contributed by atoms with E-state index in [2.05, 4.69) is 36.0 Å². The molecule has 3 heterocycles. The average molecular weight is 615 g/mol. The Morgan fingerprint density at radius 3 is 2.74 bits per heavy atom. The molecule has 3 aromatic heterocycles. The summed E-state index contributed by atoms with van der Waals surface area (Å²) in [4.78, 5) is 27.0.